The van der Waals surface area contributed by atoms with Gasteiger partial charge in [-0.2, -0.15) is 0 Å². The Labute approximate surface area is 75.0 Å². The molecule has 68 valence electrons. The Morgan fingerprint density at radius 2 is 2.15 bits per heavy atom. The van der Waals surface area contributed by atoms with Gasteiger partial charge in [0.2, 0.25) is 0 Å². The Hall–Kier alpha value is -1.91. The standard InChI is InChI=1S/C8H9N3O2/c1-11(8(10)13)7-4-5(12)2-3-6(7)9/h2-4,9H,1H3,(H2,10,13). The molecule has 0 atom stereocenters. The van der Waals surface area contributed by atoms with Crippen LogP contribution in [0.1, 0.15) is 0 Å². The number of primary amides is 1. The summed E-state index contributed by atoms with van der Waals surface area (Å²) in [6.45, 7) is 0. The molecule has 0 saturated heterocycles. The fourth-order valence-electron chi connectivity index (χ4n) is 0.908. The lowest BCUT2D eigenvalue weighted by molar-refractivity contribution is -0.110. The van der Waals surface area contributed by atoms with Crippen molar-refractivity contribution in [3.05, 3.63) is 23.9 Å². The summed E-state index contributed by atoms with van der Waals surface area (Å²) in [5, 5.41) is 7.40. The summed E-state index contributed by atoms with van der Waals surface area (Å²) in [5.41, 5.74) is 5.31. The van der Waals surface area contributed by atoms with Crippen LogP contribution >= 0.6 is 0 Å². The number of carbonyl (C=O) groups excluding carboxylic acids is 2. The van der Waals surface area contributed by atoms with Crippen LogP contribution in [0.25, 0.3) is 0 Å². The molecular formula is C8H9N3O2. The average Bonchev–Trinajstić information content (AvgIpc) is 2.08. The van der Waals surface area contributed by atoms with E-state index in [0.29, 0.717) is 0 Å². The highest BCUT2D eigenvalue weighted by molar-refractivity contribution is 6.19. The zero-order valence-electron chi connectivity index (χ0n) is 7.07. The Bertz CT molecular complexity index is 341. The van der Waals surface area contributed by atoms with Gasteiger partial charge in [-0.15, -0.1) is 0 Å². The molecule has 1 aliphatic rings. The molecule has 1 aliphatic carbocycles. The van der Waals surface area contributed by atoms with Crippen LogP contribution in [0.5, 0.6) is 0 Å². The first-order chi connectivity index (χ1) is 6.02. The van der Waals surface area contributed by atoms with E-state index in [1.165, 1.54) is 25.3 Å². The van der Waals surface area contributed by atoms with Gasteiger partial charge in [-0.3, -0.25) is 15.1 Å². The van der Waals surface area contributed by atoms with Crippen molar-refractivity contribution in [2.75, 3.05) is 7.05 Å². The number of rotatable bonds is 1. The van der Waals surface area contributed by atoms with Gasteiger partial charge >= 0.3 is 6.03 Å². The molecular weight excluding hydrogens is 170 g/mol. The predicted octanol–water partition coefficient (Wildman–Crippen LogP) is 0.0395. The number of amides is 2. The lowest BCUT2D eigenvalue weighted by Gasteiger charge is -2.18. The minimum absolute atomic E-state index is 0.0981. The highest BCUT2D eigenvalue weighted by Gasteiger charge is 2.16. The zero-order chi connectivity index (χ0) is 10.0. The second-order valence-corrected chi connectivity index (χ2v) is 2.58. The van der Waals surface area contributed by atoms with Crippen LogP contribution in [0, 0.1) is 5.41 Å². The van der Waals surface area contributed by atoms with Gasteiger partial charge < -0.3 is 5.73 Å². The monoisotopic (exact) mass is 179 g/mol. The van der Waals surface area contributed by atoms with E-state index in [9.17, 15) is 9.59 Å². The summed E-state index contributed by atoms with van der Waals surface area (Å²) in [6, 6.07) is -0.695. The van der Waals surface area contributed by atoms with E-state index < -0.39 is 6.03 Å². The maximum atomic E-state index is 10.9. The number of carbonyl (C=O) groups is 2. The number of nitrogens with two attached hydrogens (primary N) is 1. The molecule has 0 saturated carbocycles. The van der Waals surface area contributed by atoms with Crippen molar-refractivity contribution in [2.24, 2.45) is 5.73 Å². The van der Waals surface area contributed by atoms with Crippen LogP contribution in [0.4, 0.5) is 4.79 Å². The lowest BCUT2D eigenvalue weighted by atomic mass is 10.1. The second-order valence-electron chi connectivity index (χ2n) is 2.58. The molecule has 3 N–H and O–H groups in total. The van der Waals surface area contributed by atoms with Gasteiger partial charge in [0.1, 0.15) is 0 Å². The van der Waals surface area contributed by atoms with Gasteiger partial charge in [-0.25, -0.2) is 4.79 Å². The first-order valence-electron chi connectivity index (χ1n) is 3.58. The van der Waals surface area contributed by atoms with Crippen molar-refractivity contribution >= 4 is 17.5 Å². The quantitative estimate of drug-likeness (QED) is 0.556. The SMILES string of the molecule is CN(C(N)=O)C1=CC(=O)C=CC1=N. The van der Waals surface area contributed by atoms with Crippen LogP contribution < -0.4 is 5.73 Å². The third kappa shape index (κ3) is 1.81. The van der Waals surface area contributed by atoms with Crippen molar-refractivity contribution < 1.29 is 9.59 Å². The van der Waals surface area contributed by atoms with Gasteiger partial charge in [-0.05, 0) is 12.2 Å². The van der Waals surface area contributed by atoms with Gasteiger partial charge in [0.15, 0.2) is 5.78 Å². The van der Waals surface area contributed by atoms with Gasteiger partial charge in [-0.1, -0.05) is 0 Å². The van der Waals surface area contributed by atoms with Gasteiger partial charge in [0.05, 0.1) is 11.4 Å². The van der Waals surface area contributed by atoms with E-state index in [2.05, 4.69) is 0 Å². The molecule has 0 radical (unpaired) electrons. The predicted molar refractivity (Wildman–Crippen MR) is 47.3 cm³/mol. The molecule has 0 aromatic rings. The molecule has 0 bridgehead atoms. The first-order valence-corrected chi connectivity index (χ1v) is 3.58. The topological polar surface area (TPSA) is 87.2 Å². The molecule has 0 unspecified atom stereocenters. The van der Waals surface area contributed by atoms with Crippen LogP contribution in [-0.2, 0) is 4.79 Å². The summed E-state index contributed by atoms with van der Waals surface area (Å²) in [4.78, 5) is 22.7. The fourth-order valence-corrected chi connectivity index (χ4v) is 0.908. The summed E-state index contributed by atoms with van der Waals surface area (Å²) < 4.78 is 0. The minimum Gasteiger partial charge on any atom is -0.351 e. The minimum atomic E-state index is -0.695. The normalized spacial score (nSPS) is 15.6. The molecule has 5 heteroatoms. The van der Waals surface area contributed by atoms with E-state index in [-0.39, 0.29) is 17.2 Å². The highest BCUT2D eigenvalue weighted by Crippen LogP contribution is 2.08. The Morgan fingerprint density at radius 1 is 1.54 bits per heavy atom. The summed E-state index contributed by atoms with van der Waals surface area (Å²) >= 11 is 0. The van der Waals surface area contributed by atoms with Crippen LogP contribution in [0.15, 0.2) is 23.9 Å². The average molecular weight is 179 g/mol. The van der Waals surface area contributed by atoms with Crippen LogP contribution in [0.3, 0.4) is 0 Å². The number of hydrogen-bond donors (Lipinski definition) is 2. The smallest absolute Gasteiger partial charge is 0.319 e. The number of hydrogen-bond acceptors (Lipinski definition) is 3. The zero-order valence-corrected chi connectivity index (χ0v) is 7.07. The lowest BCUT2D eigenvalue weighted by Crippen LogP contribution is -2.35. The summed E-state index contributed by atoms with van der Waals surface area (Å²) in [7, 11) is 1.41. The third-order valence-electron chi connectivity index (χ3n) is 1.66. The summed E-state index contributed by atoms with van der Waals surface area (Å²) in [6.07, 6.45) is 3.80. The molecule has 0 fully saturated rings. The number of allylic oxidation sites excluding steroid dienone is 3. The van der Waals surface area contributed by atoms with Crippen LogP contribution in [-0.4, -0.2) is 29.5 Å². The molecule has 0 aliphatic heterocycles. The number of urea groups is 1. The van der Waals surface area contributed by atoms with Gasteiger partial charge in [0.25, 0.3) is 0 Å². The van der Waals surface area contributed by atoms with Crippen molar-refractivity contribution in [2.45, 2.75) is 0 Å². The molecule has 0 aromatic heterocycles. The van der Waals surface area contributed by atoms with E-state index in [4.69, 9.17) is 11.1 Å². The van der Waals surface area contributed by atoms with Crippen molar-refractivity contribution in [1.82, 2.24) is 4.90 Å². The van der Waals surface area contributed by atoms with E-state index in [1.54, 1.807) is 0 Å². The molecule has 13 heavy (non-hydrogen) atoms. The second kappa shape index (κ2) is 3.22. The van der Waals surface area contributed by atoms with Gasteiger partial charge in [0, 0.05) is 13.1 Å². The van der Waals surface area contributed by atoms with Crippen molar-refractivity contribution in [3.63, 3.8) is 0 Å². The molecule has 0 aromatic carbocycles. The number of nitrogens with zero attached hydrogens (tertiary/aromatic N) is 1. The molecule has 2 amide bonds. The van der Waals surface area contributed by atoms with Crippen molar-refractivity contribution in [1.29, 1.82) is 5.41 Å². The Balaban J connectivity index is 2.97. The first kappa shape index (κ1) is 9.18. The molecule has 0 heterocycles. The highest BCUT2D eigenvalue weighted by atomic mass is 16.2. The largest absolute Gasteiger partial charge is 0.351 e. The number of ketones is 1. The summed E-state index contributed by atoms with van der Waals surface area (Å²) in [5.74, 6) is -0.251. The van der Waals surface area contributed by atoms with E-state index in [1.807, 2.05) is 0 Å². The number of nitrogens with one attached hydrogen (secondary N) is 1. The Morgan fingerprint density at radius 3 is 2.69 bits per heavy atom. The maximum Gasteiger partial charge on any atom is 0.319 e. The molecule has 5 nitrogen and oxygen atoms in total. The Kier molecular flexibility index (Phi) is 2.27. The third-order valence-corrected chi connectivity index (χ3v) is 1.66. The molecule has 1 rings (SSSR count). The molecule has 0 spiro atoms. The van der Waals surface area contributed by atoms with E-state index in [0.717, 1.165) is 4.90 Å². The fraction of sp³-hybridized carbons (Fsp3) is 0.125. The van der Waals surface area contributed by atoms with E-state index >= 15 is 0 Å². The maximum absolute atomic E-state index is 10.9. The van der Waals surface area contributed by atoms with Crippen molar-refractivity contribution in [3.8, 4) is 0 Å². The van der Waals surface area contributed by atoms with Crippen LogP contribution in [0.2, 0.25) is 0 Å².